The number of aliphatic hydroxyl groups is 1. The summed E-state index contributed by atoms with van der Waals surface area (Å²) in [6.07, 6.45) is 9.85. The van der Waals surface area contributed by atoms with Gasteiger partial charge >= 0.3 is 0 Å². The van der Waals surface area contributed by atoms with Crippen LogP contribution in [0.5, 0.6) is 0 Å². The standard InChI is InChI=1S/C26H30N6O2S/c33-13-26-11-27-9-17(26)10-31(12-26)25-21-22(28-14-29-24(21)34)23(35-25)16-6-7-20-19(8-16)30-15-32(20)18-4-2-1-3-5-18/h6-8,14-15,17-18,27,33H,1-5,9-13H2,(H,28,29,34). The summed E-state index contributed by atoms with van der Waals surface area (Å²) in [6, 6.07) is 7.01. The number of fused-ring (bicyclic) bond motifs is 3. The topological polar surface area (TPSA) is 99.1 Å². The van der Waals surface area contributed by atoms with Crippen molar-refractivity contribution in [3.8, 4) is 10.4 Å². The molecule has 35 heavy (non-hydrogen) atoms. The van der Waals surface area contributed by atoms with Gasteiger partial charge in [0.05, 0.1) is 40.7 Å². The highest BCUT2D eigenvalue weighted by molar-refractivity contribution is 7.21. The molecule has 5 heterocycles. The normalized spacial score (nSPS) is 25.2. The fraction of sp³-hybridized carbons (Fsp3) is 0.500. The average Bonchev–Trinajstić information content (AvgIpc) is 3.64. The molecule has 8 nitrogen and oxygen atoms in total. The zero-order valence-corrected chi connectivity index (χ0v) is 20.5. The van der Waals surface area contributed by atoms with Gasteiger partial charge in [0.25, 0.3) is 5.56 Å². The molecule has 2 saturated heterocycles. The molecule has 3 fully saturated rings. The van der Waals surface area contributed by atoms with E-state index < -0.39 is 0 Å². The predicted octanol–water partition coefficient (Wildman–Crippen LogP) is 3.52. The van der Waals surface area contributed by atoms with E-state index in [4.69, 9.17) is 4.98 Å². The molecule has 3 aliphatic rings. The van der Waals surface area contributed by atoms with E-state index in [1.54, 1.807) is 11.3 Å². The number of aliphatic hydroxyl groups excluding tert-OH is 1. The monoisotopic (exact) mass is 490 g/mol. The molecular weight excluding hydrogens is 460 g/mol. The lowest BCUT2D eigenvalue weighted by atomic mass is 9.82. The lowest BCUT2D eigenvalue weighted by Crippen LogP contribution is -2.36. The lowest BCUT2D eigenvalue weighted by Gasteiger charge is -2.25. The van der Waals surface area contributed by atoms with Crippen LogP contribution < -0.4 is 15.8 Å². The van der Waals surface area contributed by atoms with E-state index in [2.05, 4.69) is 43.0 Å². The summed E-state index contributed by atoms with van der Waals surface area (Å²) < 4.78 is 2.35. The van der Waals surface area contributed by atoms with Crippen molar-refractivity contribution in [3.63, 3.8) is 0 Å². The third-order valence-corrected chi connectivity index (χ3v) is 9.86. The highest BCUT2D eigenvalue weighted by Crippen LogP contribution is 2.47. The second kappa shape index (κ2) is 8.15. The maximum Gasteiger partial charge on any atom is 0.261 e. The van der Waals surface area contributed by atoms with Gasteiger partial charge in [-0.1, -0.05) is 25.3 Å². The summed E-state index contributed by atoms with van der Waals surface area (Å²) in [7, 11) is 0. The molecule has 1 aromatic carbocycles. The second-order valence-electron chi connectivity index (χ2n) is 10.6. The molecule has 2 aliphatic heterocycles. The summed E-state index contributed by atoms with van der Waals surface area (Å²) in [4.78, 5) is 28.5. The molecule has 0 amide bonds. The number of anilines is 1. The van der Waals surface area contributed by atoms with Crippen molar-refractivity contribution >= 4 is 38.3 Å². The Morgan fingerprint density at radius 2 is 2.09 bits per heavy atom. The Balaban J connectivity index is 1.31. The highest BCUT2D eigenvalue weighted by atomic mass is 32.1. The van der Waals surface area contributed by atoms with Crippen LogP contribution in [0, 0.1) is 11.3 Å². The van der Waals surface area contributed by atoms with E-state index >= 15 is 0 Å². The van der Waals surface area contributed by atoms with Crippen LogP contribution in [-0.4, -0.2) is 57.4 Å². The molecular formula is C26H30N6O2S. The quantitative estimate of drug-likeness (QED) is 0.405. The van der Waals surface area contributed by atoms with Gasteiger partial charge in [-0.25, -0.2) is 9.97 Å². The van der Waals surface area contributed by atoms with E-state index in [-0.39, 0.29) is 17.6 Å². The highest BCUT2D eigenvalue weighted by Gasteiger charge is 2.50. The van der Waals surface area contributed by atoms with Crippen molar-refractivity contribution in [2.45, 2.75) is 38.1 Å². The molecule has 0 bridgehead atoms. The number of hydrogen-bond donors (Lipinski definition) is 3. The molecule has 0 spiro atoms. The summed E-state index contributed by atoms with van der Waals surface area (Å²) in [5.74, 6) is 0.379. The largest absolute Gasteiger partial charge is 0.396 e. The molecule has 4 aromatic rings. The fourth-order valence-corrected chi connectivity index (χ4v) is 7.86. The van der Waals surface area contributed by atoms with Gasteiger partial charge in [0.15, 0.2) is 0 Å². The zero-order chi connectivity index (χ0) is 23.6. The van der Waals surface area contributed by atoms with Gasteiger partial charge in [-0.2, -0.15) is 0 Å². The number of rotatable bonds is 4. The molecule has 1 saturated carbocycles. The number of aromatic nitrogens is 4. The van der Waals surface area contributed by atoms with Crippen molar-refractivity contribution in [2.75, 3.05) is 37.7 Å². The molecule has 7 rings (SSSR count). The first-order chi connectivity index (χ1) is 17.2. The number of H-pyrrole nitrogens is 1. The predicted molar refractivity (Wildman–Crippen MR) is 139 cm³/mol. The number of benzene rings is 1. The van der Waals surface area contributed by atoms with Crippen LogP contribution in [0.15, 0.2) is 35.6 Å². The van der Waals surface area contributed by atoms with Crippen LogP contribution in [0.3, 0.4) is 0 Å². The van der Waals surface area contributed by atoms with Crippen molar-refractivity contribution in [1.82, 2.24) is 24.8 Å². The van der Waals surface area contributed by atoms with Gasteiger partial charge < -0.3 is 24.9 Å². The van der Waals surface area contributed by atoms with Gasteiger partial charge in [0.2, 0.25) is 0 Å². The van der Waals surface area contributed by atoms with Crippen LogP contribution in [0.2, 0.25) is 0 Å². The maximum absolute atomic E-state index is 13.0. The summed E-state index contributed by atoms with van der Waals surface area (Å²) in [5.41, 5.74) is 3.70. The molecule has 0 radical (unpaired) electrons. The first-order valence-corrected chi connectivity index (χ1v) is 13.5. The van der Waals surface area contributed by atoms with Crippen LogP contribution in [0.1, 0.15) is 38.1 Å². The summed E-state index contributed by atoms with van der Waals surface area (Å²) in [5, 5.41) is 15.2. The van der Waals surface area contributed by atoms with E-state index in [1.165, 1.54) is 43.9 Å². The second-order valence-corrected chi connectivity index (χ2v) is 11.6. The summed E-state index contributed by atoms with van der Waals surface area (Å²) >= 11 is 1.64. The Bertz CT molecular complexity index is 1470. The minimum atomic E-state index is -0.143. The molecule has 182 valence electrons. The van der Waals surface area contributed by atoms with Gasteiger partial charge in [-0.3, -0.25) is 4.79 Å². The van der Waals surface area contributed by atoms with Gasteiger partial charge in [0, 0.05) is 37.6 Å². The number of nitrogens with zero attached hydrogens (tertiary/aromatic N) is 4. The van der Waals surface area contributed by atoms with Crippen molar-refractivity contribution < 1.29 is 5.11 Å². The van der Waals surface area contributed by atoms with Crippen LogP contribution in [-0.2, 0) is 0 Å². The molecule has 2 unspecified atom stereocenters. The minimum absolute atomic E-state index is 0.108. The molecule has 3 N–H and O–H groups in total. The Morgan fingerprint density at radius 3 is 2.91 bits per heavy atom. The van der Waals surface area contributed by atoms with Crippen molar-refractivity contribution in [2.24, 2.45) is 11.3 Å². The SMILES string of the molecule is O=c1[nH]cnc2c(-c3ccc4c(c3)ncn4C3CCCCC3)sc(N3CC4CNCC4(CO)C3)c12. The van der Waals surface area contributed by atoms with Crippen LogP contribution >= 0.6 is 11.3 Å². The zero-order valence-electron chi connectivity index (χ0n) is 19.7. The Hall–Kier alpha value is -2.75. The van der Waals surface area contributed by atoms with E-state index in [0.29, 0.717) is 17.3 Å². The van der Waals surface area contributed by atoms with E-state index in [0.717, 1.165) is 52.7 Å². The van der Waals surface area contributed by atoms with Crippen molar-refractivity contribution in [1.29, 1.82) is 0 Å². The smallest absolute Gasteiger partial charge is 0.261 e. The fourth-order valence-electron chi connectivity index (χ4n) is 6.61. The molecule has 2 atom stereocenters. The van der Waals surface area contributed by atoms with Gasteiger partial charge in [0.1, 0.15) is 10.4 Å². The third-order valence-electron chi connectivity index (χ3n) is 8.57. The van der Waals surface area contributed by atoms with Crippen LogP contribution in [0.25, 0.3) is 32.4 Å². The molecule has 9 heteroatoms. The summed E-state index contributed by atoms with van der Waals surface area (Å²) in [6.45, 7) is 3.46. The van der Waals surface area contributed by atoms with Gasteiger partial charge in [-0.15, -0.1) is 11.3 Å². The maximum atomic E-state index is 13.0. The number of nitrogens with one attached hydrogen (secondary N) is 2. The van der Waals surface area contributed by atoms with Crippen molar-refractivity contribution in [3.05, 3.63) is 41.2 Å². The number of hydrogen-bond acceptors (Lipinski definition) is 7. The Labute approximate surface area is 207 Å². The number of aromatic amines is 1. The molecule has 3 aromatic heterocycles. The first-order valence-electron chi connectivity index (χ1n) is 12.7. The Morgan fingerprint density at radius 1 is 1.20 bits per heavy atom. The average molecular weight is 491 g/mol. The first kappa shape index (κ1) is 21.5. The van der Waals surface area contributed by atoms with Gasteiger partial charge in [-0.05, 0) is 36.5 Å². The van der Waals surface area contributed by atoms with E-state index in [1.807, 2.05) is 6.33 Å². The number of thiophene rings is 1. The van der Waals surface area contributed by atoms with E-state index in [9.17, 15) is 9.90 Å². The Kier molecular flexibility index (Phi) is 5.01. The molecule has 1 aliphatic carbocycles. The number of imidazole rings is 1. The minimum Gasteiger partial charge on any atom is -0.396 e. The lowest BCUT2D eigenvalue weighted by molar-refractivity contribution is 0.135. The third kappa shape index (κ3) is 3.28. The van der Waals surface area contributed by atoms with Crippen LogP contribution in [0.4, 0.5) is 5.00 Å².